The van der Waals surface area contributed by atoms with Gasteiger partial charge in [-0.3, -0.25) is 0 Å². The highest BCUT2D eigenvalue weighted by atomic mass is 28.4. The summed E-state index contributed by atoms with van der Waals surface area (Å²) in [5.41, 5.74) is 12.8. The number of benzene rings is 4. The van der Waals surface area contributed by atoms with Gasteiger partial charge in [-0.25, -0.2) is 9.59 Å². The van der Waals surface area contributed by atoms with Crippen molar-refractivity contribution < 1.29 is 57.0 Å². The monoisotopic (exact) mass is 911 g/mol. The quantitative estimate of drug-likeness (QED) is 0.0294. The van der Waals surface area contributed by atoms with Gasteiger partial charge >= 0.3 is 11.9 Å². The molecule has 10 atom stereocenters. The Balaban J connectivity index is 1.44. The molecular weight excluding hydrogens is 851 g/mol. The average Bonchev–Trinajstić information content (AvgIpc) is 3.32. The zero-order valence-electron chi connectivity index (χ0n) is 38.0. The largest absolute Gasteiger partial charge is 0.467 e. The third-order valence-corrected chi connectivity index (χ3v) is 17.2. The summed E-state index contributed by atoms with van der Waals surface area (Å²) in [6.45, 7) is 12.2. The summed E-state index contributed by atoms with van der Waals surface area (Å²) in [4.78, 5) is 31.4. The molecule has 0 amide bonds. The molecule has 2 saturated heterocycles. The molecule has 0 saturated carbocycles. The molecule has 348 valence electrons. The second-order valence-electron chi connectivity index (χ2n) is 17.5. The molecule has 2 heterocycles. The normalized spacial score (nSPS) is 25.9. The second-order valence-corrected chi connectivity index (χ2v) is 22.0. The van der Waals surface area contributed by atoms with Crippen molar-refractivity contribution in [2.75, 3.05) is 13.7 Å². The van der Waals surface area contributed by atoms with Gasteiger partial charge in [-0.2, -0.15) is 0 Å². The molecule has 0 aliphatic carbocycles. The smallest absolute Gasteiger partial charge is 0.338 e. The lowest BCUT2D eigenvalue weighted by Gasteiger charge is -2.51. The van der Waals surface area contributed by atoms with Gasteiger partial charge in [0, 0.05) is 4.91 Å². The van der Waals surface area contributed by atoms with Crippen LogP contribution in [-0.2, 0) is 66.9 Å². The molecule has 0 aromatic heterocycles. The van der Waals surface area contributed by atoms with Crippen LogP contribution in [0.25, 0.3) is 10.4 Å². The number of ether oxygens (including phenoxy) is 8. The molecule has 4 aromatic rings. The van der Waals surface area contributed by atoms with Gasteiger partial charge in [0.25, 0.3) is 0 Å². The molecule has 15 nitrogen and oxygen atoms in total. The van der Waals surface area contributed by atoms with Gasteiger partial charge in [-0.15, -0.1) is 0 Å². The Morgan fingerprint density at radius 2 is 1.22 bits per heavy atom. The molecule has 4 aromatic carbocycles. The van der Waals surface area contributed by atoms with E-state index >= 15 is 0 Å². The van der Waals surface area contributed by atoms with Crippen LogP contribution in [0.5, 0.6) is 0 Å². The fourth-order valence-electron chi connectivity index (χ4n) is 7.76. The predicted molar refractivity (Wildman–Crippen MR) is 242 cm³/mol. The van der Waals surface area contributed by atoms with Gasteiger partial charge < -0.3 is 47.4 Å². The molecular formula is C49H61N3O12Si. The third kappa shape index (κ3) is 12.3. The second kappa shape index (κ2) is 23.0. The lowest BCUT2D eigenvalue weighted by Crippen LogP contribution is -2.67. The Labute approximate surface area is 381 Å². The van der Waals surface area contributed by atoms with E-state index in [1.165, 1.54) is 7.11 Å². The molecule has 16 heteroatoms. The number of hydrogen-bond donors (Lipinski definition) is 1. The standard InChI is InChI=1S/C49H61N3O12Si/c1-32(2)49(3,4)65(6,7)64-48-44(61-45(54)36-26-18-11-19-27-36)41(59-31-35-24-16-10-17-25-35)42(43(63-48)46(55)56-5)62-47-38(51-52-50)40(58-30-34-22-14-9-15-23-34)39(37(28-53)60-47)57-29-33-20-12-8-13-21-33/h8-27,32,37-44,47-48,53H,28-31H2,1-7H3/t37-,38-,39-,40-,41+,42+,43-,44-,47-,48-/m1/s1. The summed E-state index contributed by atoms with van der Waals surface area (Å²) in [5, 5.41) is 14.7. The van der Waals surface area contributed by atoms with E-state index < -0.39 is 88.2 Å². The van der Waals surface area contributed by atoms with Gasteiger partial charge in [0.2, 0.25) is 0 Å². The van der Waals surface area contributed by atoms with Crippen LogP contribution in [0.4, 0.5) is 0 Å². The highest BCUT2D eigenvalue weighted by Gasteiger charge is 2.58. The summed E-state index contributed by atoms with van der Waals surface area (Å²) in [6.07, 6.45) is -11.7. The van der Waals surface area contributed by atoms with Crippen molar-refractivity contribution in [3.05, 3.63) is 154 Å². The van der Waals surface area contributed by atoms with Crippen molar-refractivity contribution in [3.8, 4) is 0 Å². The maximum Gasteiger partial charge on any atom is 0.338 e. The third-order valence-electron chi connectivity index (χ3n) is 12.7. The first-order valence-electron chi connectivity index (χ1n) is 21.9. The molecule has 0 radical (unpaired) electrons. The van der Waals surface area contributed by atoms with Crippen LogP contribution >= 0.6 is 0 Å². The molecule has 6 rings (SSSR count). The SMILES string of the molecule is COC(=O)[C@@H]1O[C@H](O[Si](C)(C)C(C)(C)C(C)C)[C@H](OC(=O)c2ccccc2)[C@@H](OCc2ccccc2)[C@@H]1O[C@H]1O[C@H](CO)[C@@H](OCc2ccccc2)[C@H](OCc2ccccc2)[C@H]1N=[N+]=[N-]. The van der Waals surface area contributed by atoms with E-state index in [9.17, 15) is 20.2 Å². The maximum atomic E-state index is 14.1. The minimum absolute atomic E-state index is 0.0214. The first kappa shape index (κ1) is 49.5. The van der Waals surface area contributed by atoms with Gasteiger partial charge in [-0.1, -0.05) is 142 Å². The lowest BCUT2D eigenvalue weighted by atomic mass is 9.95. The number of hydrogen-bond acceptors (Lipinski definition) is 13. The van der Waals surface area contributed by atoms with Crippen LogP contribution in [0, 0.1) is 5.92 Å². The number of esters is 2. The van der Waals surface area contributed by atoms with E-state index in [1.807, 2.05) is 104 Å². The van der Waals surface area contributed by atoms with Crippen molar-refractivity contribution in [1.82, 2.24) is 0 Å². The van der Waals surface area contributed by atoms with E-state index in [4.69, 9.17) is 42.3 Å². The van der Waals surface area contributed by atoms with Crippen LogP contribution in [0.2, 0.25) is 18.1 Å². The number of carbonyl (C=O) groups is 2. The van der Waals surface area contributed by atoms with Gasteiger partial charge in [0.15, 0.2) is 33.1 Å². The van der Waals surface area contributed by atoms with E-state index in [-0.39, 0.29) is 36.3 Å². The molecule has 0 spiro atoms. The van der Waals surface area contributed by atoms with Gasteiger partial charge in [0.05, 0.1) is 39.1 Å². The number of methoxy groups -OCH3 is 1. The predicted octanol–water partition coefficient (Wildman–Crippen LogP) is 8.31. The van der Waals surface area contributed by atoms with Crippen molar-refractivity contribution in [2.24, 2.45) is 11.0 Å². The fourth-order valence-corrected chi connectivity index (χ4v) is 10.2. The van der Waals surface area contributed by atoms with E-state index in [0.717, 1.165) is 16.7 Å². The molecule has 0 unspecified atom stereocenters. The Bertz CT molecular complexity index is 2150. The minimum atomic E-state index is -2.83. The first-order valence-corrected chi connectivity index (χ1v) is 24.8. The Morgan fingerprint density at radius 3 is 1.69 bits per heavy atom. The lowest BCUT2D eigenvalue weighted by molar-refractivity contribution is -0.341. The van der Waals surface area contributed by atoms with Crippen LogP contribution in [-0.4, -0.2) is 100 Å². The summed E-state index contributed by atoms with van der Waals surface area (Å²) in [6, 6.07) is 35.3. The number of nitrogens with zero attached hydrogens (tertiary/aromatic N) is 3. The summed E-state index contributed by atoms with van der Waals surface area (Å²) in [5.74, 6) is -1.37. The van der Waals surface area contributed by atoms with E-state index in [0.29, 0.717) is 0 Å². The Morgan fingerprint density at radius 1 is 0.723 bits per heavy atom. The molecule has 2 aliphatic heterocycles. The van der Waals surface area contributed by atoms with Crippen LogP contribution < -0.4 is 0 Å². The highest BCUT2D eigenvalue weighted by Crippen LogP contribution is 2.47. The molecule has 2 fully saturated rings. The first-order chi connectivity index (χ1) is 31.3. The molecule has 2 aliphatic rings. The zero-order valence-corrected chi connectivity index (χ0v) is 39.0. The number of carbonyl (C=O) groups excluding carboxylic acids is 2. The number of azide groups is 1. The highest BCUT2D eigenvalue weighted by molar-refractivity contribution is 6.74. The zero-order chi connectivity index (χ0) is 46.6. The topological polar surface area (TPSA) is 186 Å². The summed E-state index contributed by atoms with van der Waals surface area (Å²) < 4.78 is 58.4. The van der Waals surface area contributed by atoms with E-state index in [1.54, 1.807) is 30.3 Å². The van der Waals surface area contributed by atoms with Crippen molar-refractivity contribution >= 4 is 20.3 Å². The maximum absolute atomic E-state index is 14.1. The molecule has 0 bridgehead atoms. The van der Waals surface area contributed by atoms with Gasteiger partial charge in [0.1, 0.15) is 36.6 Å². The summed E-state index contributed by atoms with van der Waals surface area (Å²) >= 11 is 0. The summed E-state index contributed by atoms with van der Waals surface area (Å²) in [7, 11) is -1.62. The van der Waals surface area contributed by atoms with Crippen molar-refractivity contribution in [2.45, 2.75) is 127 Å². The number of rotatable bonds is 20. The van der Waals surface area contributed by atoms with Crippen LogP contribution in [0.15, 0.2) is 126 Å². The fraction of sp³-hybridized carbons (Fsp3) is 0.469. The Kier molecular flexibility index (Phi) is 17.5. The van der Waals surface area contributed by atoms with Crippen molar-refractivity contribution in [1.29, 1.82) is 0 Å². The molecule has 1 N–H and O–H groups in total. The van der Waals surface area contributed by atoms with Crippen LogP contribution in [0.3, 0.4) is 0 Å². The van der Waals surface area contributed by atoms with Crippen LogP contribution in [0.1, 0.15) is 54.7 Å². The minimum Gasteiger partial charge on any atom is -0.467 e. The average molecular weight is 912 g/mol. The number of aliphatic hydroxyl groups is 1. The van der Waals surface area contributed by atoms with E-state index in [2.05, 4.69) is 37.7 Å². The molecule has 65 heavy (non-hydrogen) atoms. The van der Waals surface area contributed by atoms with Gasteiger partial charge in [-0.05, 0) is 58.4 Å². The number of aliphatic hydroxyl groups excluding tert-OH is 1. The Hall–Kier alpha value is -4.97. The van der Waals surface area contributed by atoms with Crippen molar-refractivity contribution in [3.63, 3.8) is 0 Å².